The summed E-state index contributed by atoms with van der Waals surface area (Å²) in [6.45, 7) is 2.96. The molecule has 0 atom stereocenters. The van der Waals surface area contributed by atoms with Crippen LogP contribution in [0.3, 0.4) is 0 Å². The second-order valence-corrected chi connectivity index (χ2v) is 7.90. The van der Waals surface area contributed by atoms with E-state index in [0.29, 0.717) is 10.0 Å². The molecule has 0 saturated carbocycles. The fourth-order valence-electron chi connectivity index (χ4n) is 3.50. The lowest BCUT2D eigenvalue weighted by Gasteiger charge is -2.07. The Labute approximate surface area is 186 Å². The third-order valence-electron chi connectivity index (χ3n) is 5.13. The number of aromatic nitrogens is 2. The quantitative estimate of drug-likeness (QED) is 0.321. The highest BCUT2D eigenvalue weighted by Gasteiger charge is 2.12. The maximum absolute atomic E-state index is 6.38. The van der Waals surface area contributed by atoms with E-state index >= 15 is 0 Å². The molecule has 4 aromatic rings. The van der Waals surface area contributed by atoms with Crippen molar-refractivity contribution in [1.82, 2.24) is 9.55 Å². The Morgan fingerprint density at radius 1 is 0.933 bits per heavy atom. The van der Waals surface area contributed by atoms with Gasteiger partial charge in [0, 0.05) is 29.7 Å². The number of rotatable bonds is 6. The number of hydrogen-bond acceptors (Lipinski definition) is 2. The number of benzene rings is 3. The zero-order chi connectivity index (χ0) is 21.1. The zero-order valence-electron chi connectivity index (χ0n) is 16.9. The molecular formula is C25H22Cl2N2O. The molecule has 0 spiro atoms. The highest BCUT2D eigenvalue weighted by Crippen LogP contribution is 2.30. The van der Waals surface area contributed by atoms with Gasteiger partial charge in [-0.1, -0.05) is 59.6 Å². The molecule has 0 saturated heterocycles. The second-order valence-electron chi connectivity index (χ2n) is 7.06. The number of methoxy groups -OCH3 is 1. The van der Waals surface area contributed by atoms with Gasteiger partial charge in [-0.05, 0) is 53.9 Å². The second kappa shape index (κ2) is 8.95. The molecular weight excluding hydrogens is 415 g/mol. The van der Waals surface area contributed by atoms with Crippen molar-refractivity contribution in [2.24, 2.45) is 0 Å². The Hall–Kier alpha value is -2.75. The van der Waals surface area contributed by atoms with Crippen LogP contribution in [0.25, 0.3) is 22.4 Å². The van der Waals surface area contributed by atoms with E-state index in [1.807, 2.05) is 30.3 Å². The topological polar surface area (TPSA) is 27.1 Å². The van der Waals surface area contributed by atoms with Gasteiger partial charge in [-0.15, -0.1) is 0 Å². The molecule has 3 nitrogen and oxygen atoms in total. The lowest BCUT2D eigenvalue weighted by atomic mass is 10.0. The van der Waals surface area contributed by atoms with Crippen LogP contribution in [-0.2, 0) is 13.0 Å². The van der Waals surface area contributed by atoms with Gasteiger partial charge in [-0.2, -0.15) is 0 Å². The van der Waals surface area contributed by atoms with Gasteiger partial charge in [-0.25, -0.2) is 4.98 Å². The van der Waals surface area contributed by atoms with Crippen molar-refractivity contribution in [3.8, 4) is 28.1 Å². The highest BCUT2D eigenvalue weighted by molar-refractivity contribution is 6.36. The van der Waals surface area contributed by atoms with E-state index in [9.17, 15) is 0 Å². The van der Waals surface area contributed by atoms with Crippen molar-refractivity contribution in [1.29, 1.82) is 0 Å². The first kappa shape index (κ1) is 20.5. The molecule has 1 heterocycles. The van der Waals surface area contributed by atoms with Crippen molar-refractivity contribution in [2.45, 2.75) is 19.9 Å². The minimum absolute atomic E-state index is 0.609. The van der Waals surface area contributed by atoms with Crippen LogP contribution in [0.2, 0.25) is 10.0 Å². The van der Waals surface area contributed by atoms with Crippen molar-refractivity contribution >= 4 is 23.2 Å². The van der Waals surface area contributed by atoms with Gasteiger partial charge in [0.2, 0.25) is 0 Å². The van der Waals surface area contributed by atoms with Crippen molar-refractivity contribution < 1.29 is 4.74 Å². The summed E-state index contributed by atoms with van der Waals surface area (Å²) in [4.78, 5) is 4.86. The predicted molar refractivity (Wildman–Crippen MR) is 125 cm³/mol. The lowest BCUT2D eigenvalue weighted by Crippen LogP contribution is -2.01. The minimum atomic E-state index is 0.609. The number of ether oxygens (including phenoxy) is 1. The predicted octanol–water partition coefficient (Wildman–Crippen LogP) is 7.14. The number of imidazole rings is 1. The molecule has 5 heteroatoms. The van der Waals surface area contributed by atoms with Gasteiger partial charge in [-0.3, -0.25) is 0 Å². The third-order valence-corrected chi connectivity index (χ3v) is 5.67. The Morgan fingerprint density at radius 2 is 1.73 bits per heavy atom. The van der Waals surface area contributed by atoms with Gasteiger partial charge in [0.1, 0.15) is 11.6 Å². The molecule has 1 aromatic heterocycles. The summed E-state index contributed by atoms with van der Waals surface area (Å²) < 4.78 is 7.49. The first-order valence-electron chi connectivity index (χ1n) is 9.82. The number of nitrogens with zero attached hydrogens (tertiary/aromatic N) is 2. The van der Waals surface area contributed by atoms with Crippen LogP contribution < -0.4 is 4.74 Å². The Balaban J connectivity index is 1.59. The summed E-state index contributed by atoms with van der Waals surface area (Å²) in [7, 11) is 1.68. The van der Waals surface area contributed by atoms with Crippen LogP contribution in [-0.4, -0.2) is 16.7 Å². The summed E-state index contributed by atoms with van der Waals surface area (Å²) in [6, 6.07) is 22.2. The summed E-state index contributed by atoms with van der Waals surface area (Å²) in [6.07, 6.45) is 2.80. The third kappa shape index (κ3) is 4.38. The highest BCUT2D eigenvalue weighted by atomic mass is 35.5. The summed E-state index contributed by atoms with van der Waals surface area (Å²) in [5, 5.41) is 1.23. The average Bonchev–Trinajstić information content (AvgIpc) is 3.16. The first-order valence-corrected chi connectivity index (χ1v) is 10.6. The van der Waals surface area contributed by atoms with Gasteiger partial charge >= 0.3 is 0 Å². The monoisotopic (exact) mass is 436 g/mol. The van der Waals surface area contributed by atoms with Gasteiger partial charge in [0.05, 0.1) is 17.8 Å². The van der Waals surface area contributed by atoms with Crippen molar-refractivity contribution in [3.05, 3.63) is 94.4 Å². The van der Waals surface area contributed by atoms with Gasteiger partial charge in [0.25, 0.3) is 0 Å². The Morgan fingerprint density at radius 3 is 2.43 bits per heavy atom. The number of aryl methyl sites for hydroxylation is 1. The molecule has 30 heavy (non-hydrogen) atoms. The van der Waals surface area contributed by atoms with E-state index in [1.54, 1.807) is 13.2 Å². The Kier molecular flexibility index (Phi) is 6.12. The lowest BCUT2D eigenvalue weighted by molar-refractivity contribution is 0.415. The smallest absolute Gasteiger partial charge is 0.119 e. The van der Waals surface area contributed by atoms with Crippen LogP contribution in [0.4, 0.5) is 0 Å². The molecule has 0 radical (unpaired) electrons. The van der Waals surface area contributed by atoms with E-state index in [4.69, 9.17) is 32.9 Å². The molecule has 4 rings (SSSR count). The maximum Gasteiger partial charge on any atom is 0.119 e. The number of halogens is 2. The summed E-state index contributed by atoms with van der Waals surface area (Å²) >= 11 is 12.4. The Bertz CT molecular complexity index is 1170. The van der Waals surface area contributed by atoms with E-state index in [2.05, 4.69) is 48.0 Å². The van der Waals surface area contributed by atoms with E-state index in [-0.39, 0.29) is 0 Å². The van der Waals surface area contributed by atoms with Crippen LogP contribution in [0.1, 0.15) is 18.3 Å². The molecule has 0 fully saturated rings. The summed E-state index contributed by atoms with van der Waals surface area (Å²) in [5.41, 5.74) is 5.25. The molecule has 152 valence electrons. The normalized spacial score (nSPS) is 10.9. The fraction of sp³-hybridized carbons (Fsp3) is 0.160. The van der Waals surface area contributed by atoms with E-state index in [0.717, 1.165) is 46.9 Å². The average molecular weight is 437 g/mol. The largest absolute Gasteiger partial charge is 0.497 e. The van der Waals surface area contributed by atoms with Crippen LogP contribution in [0.15, 0.2) is 72.9 Å². The fourth-order valence-corrected chi connectivity index (χ4v) is 4.00. The zero-order valence-corrected chi connectivity index (χ0v) is 18.4. The van der Waals surface area contributed by atoms with Crippen LogP contribution >= 0.6 is 23.2 Å². The first-order chi connectivity index (χ1) is 14.6. The number of hydrogen-bond donors (Lipinski definition) is 0. The SMILES string of the molecule is CCn1cc(-c2ccc(Cl)cc2Cl)nc1Cc1ccc(-c2cccc(OC)c2)cc1. The van der Waals surface area contributed by atoms with Gasteiger partial charge < -0.3 is 9.30 Å². The van der Waals surface area contributed by atoms with Crippen LogP contribution in [0.5, 0.6) is 5.75 Å². The van der Waals surface area contributed by atoms with Gasteiger partial charge in [0.15, 0.2) is 0 Å². The molecule has 0 amide bonds. The molecule has 3 aromatic carbocycles. The maximum atomic E-state index is 6.38. The van der Waals surface area contributed by atoms with Crippen molar-refractivity contribution in [3.63, 3.8) is 0 Å². The molecule has 0 aliphatic rings. The molecule has 0 aliphatic heterocycles. The minimum Gasteiger partial charge on any atom is -0.497 e. The van der Waals surface area contributed by atoms with Crippen molar-refractivity contribution in [2.75, 3.05) is 7.11 Å². The van der Waals surface area contributed by atoms with Crippen LogP contribution in [0, 0.1) is 0 Å². The van der Waals surface area contributed by atoms with E-state index in [1.165, 1.54) is 5.56 Å². The molecule has 0 unspecified atom stereocenters. The summed E-state index contributed by atoms with van der Waals surface area (Å²) in [5.74, 6) is 1.86. The van der Waals surface area contributed by atoms with E-state index < -0.39 is 0 Å². The molecule has 0 bridgehead atoms. The standard InChI is InChI=1S/C25H22Cl2N2O/c1-3-29-16-24(22-12-11-20(26)15-23(22)27)28-25(29)13-17-7-9-18(10-8-17)19-5-4-6-21(14-19)30-2/h4-12,14-16H,3,13H2,1-2H3. The molecule has 0 aliphatic carbocycles. The molecule has 0 N–H and O–H groups in total.